The van der Waals surface area contributed by atoms with E-state index in [2.05, 4.69) is 0 Å². The first kappa shape index (κ1) is 7.03. The first-order valence-electron chi connectivity index (χ1n) is 2.74. The largest absolute Gasteiger partial charge is 0.278 e. The smallest absolute Gasteiger partial charge is 0.267 e. The zero-order valence-corrected chi connectivity index (χ0v) is 6.53. The second-order valence-electron chi connectivity index (χ2n) is 1.94. The van der Waals surface area contributed by atoms with Gasteiger partial charge in [-0.2, -0.15) is 5.26 Å². The van der Waals surface area contributed by atoms with Crippen molar-refractivity contribution in [1.29, 1.82) is 5.26 Å². The maximum absolute atomic E-state index is 11.0. The Hall–Kier alpha value is -1.08. The number of nitriles is 1. The molecule has 0 spiro atoms. The number of hydrogen-bond acceptors (Lipinski definition) is 3. The predicted molar refractivity (Wildman–Crippen MR) is 39.0 cm³/mol. The lowest BCUT2D eigenvalue weighted by atomic mass is 10.3. The lowest BCUT2D eigenvalue weighted by molar-refractivity contribution is 0.976. The maximum atomic E-state index is 11.0. The van der Waals surface area contributed by atoms with Crippen molar-refractivity contribution in [2.45, 2.75) is 6.92 Å². The molecule has 0 N–H and O–H groups in total. The third-order valence-corrected chi connectivity index (χ3v) is 2.16. The average Bonchev–Trinajstić information content (AvgIpc) is 2.09. The van der Waals surface area contributed by atoms with Gasteiger partial charge in [0.1, 0.15) is 11.6 Å². The normalized spacial score (nSPS) is 9.30. The van der Waals surface area contributed by atoms with Crippen LogP contribution in [0.15, 0.2) is 4.79 Å². The molecule has 1 heterocycles. The molecule has 52 valence electrons. The quantitative estimate of drug-likeness (QED) is 0.550. The Morgan fingerprint density at radius 3 is 2.50 bits per heavy atom. The predicted octanol–water partition coefficient (Wildman–Crippen LogP) is 0.627. The molecular formula is C6H6N2OS. The number of aromatic nitrogens is 1. The van der Waals surface area contributed by atoms with E-state index in [0.717, 1.165) is 4.88 Å². The fourth-order valence-electron chi connectivity index (χ4n) is 0.727. The van der Waals surface area contributed by atoms with Crippen molar-refractivity contribution in [3.63, 3.8) is 0 Å². The molecule has 0 fully saturated rings. The van der Waals surface area contributed by atoms with Crippen molar-refractivity contribution in [3.8, 4) is 6.07 Å². The Bertz CT molecular complexity index is 342. The van der Waals surface area contributed by atoms with Crippen LogP contribution >= 0.6 is 11.5 Å². The number of aryl methyl sites for hydroxylation is 2. The Kier molecular flexibility index (Phi) is 1.60. The molecule has 0 radical (unpaired) electrons. The maximum Gasteiger partial charge on any atom is 0.278 e. The van der Waals surface area contributed by atoms with E-state index in [-0.39, 0.29) is 11.1 Å². The SMILES string of the molecule is Cc1sn(C)c(=O)c1C#N. The van der Waals surface area contributed by atoms with Gasteiger partial charge in [-0.1, -0.05) is 11.5 Å². The van der Waals surface area contributed by atoms with Crippen LogP contribution in [0.3, 0.4) is 0 Å². The lowest BCUT2D eigenvalue weighted by Gasteiger charge is -1.77. The summed E-state index contributed by atoms with van der Waals surface area (Å²) in [5.41, 5.74) is 0.0810. The molecule has 0 bridgehead atoms. The topological polar surface area (TPSA) is 45.8 Å². The fraction of sp³-hybridized carbons (Fsp3) is 0.333. The van der Waals surface area contributed by atoms with Crippen LogP contribution in [0.2, 0.25) is 0 Å². The standard InChI is InChI=1S/C6H6N2OS/c1-4-5(3-7)6(9)8(2)10-4/h1-2H3. The van der Waals surface area contributed by atoms with E-state index in [4.69, 9.17) is 5.26 Å². The van der Waals surface area contributed by atoms with Crippen LogP contribution < -0.4 is 5.56 Å². The second-order valence-corrected chi connectivity index (χ2v) is 3.28. The molecule has 0 amide bonds. The van der Waals surface area contributed by atoms with Crippen LogP contribution in [0.25, 0.3) is 0 Å². The van der Waals surface area contributed by atoms with E-state index < -0.39 is 0 Å². The zero-order chi connectivity index (χ0) is 7.72. The van der Waals surface area contributed by atoms with Gasteiger partial charge in [0.25, 0.3) is 5.56 Å². The first-order valence-corrected chi connectivity index (χ1v) is 3.51. The summed E-state index contributed by atoms with van der Waals surface area (Å²) in [4.78, 5) is 11.8. The molecule has 0 atom stereocenters. The van der Waals surface area contributed by atoms with E-state index in [1.165, 1.54) is 15.5 Å². The van der Waals surface area contributed by atoms with Gasteiger partial charge in [0.15, 0.2) is 0 Å². The van der Waals surface area contributed by atoms with Crippen LogP contribution in [0, 0.1) is 18.3 Å². The molecule has 10 heavy (non-hydrogen) atoms. The average molecular weight is 154 g/mol. The highest BCUT2D eigenvalue weighted by Gasteiger charge is 2.06. The molecule has 4 heteroatoms. The fourth-order valence-corrected chi connectivity index (χ4v) is 1.54. The first-order chi connectivity index (χ1) is 4.66. The van der Waals surface area contributed by atoms with Gasteiger partial charge in [-0.15, -0.1) is 0 Å². The number of rotatable bonds is 0. The molecule has 0 saturated heterocycles. The van der Waals surface area contributed by atoms with Crippen LogP contribution in [0.1, 0.15) is 10.4 Å². The Morgan fingerprint density at radius 2 is 2.30 bits per heavy atom. The van der Waals surface area contributed by atoms with Gasteiger partial charge in [-0.3, -0.25) is 8.75 Å². The van der Waals surface area contributed by atoms with Gasteiger partial charge in [0.2, 0.25) is 0 Å². The molecule has 0 aliphatic carbocycles. The van der Waals surface area contributed by atoms with Crippen molar-refractivity contribution in [2.24, 2.45) is 7.05 Å². The van der Waals surface area contributed by atoms with Gasteiger partial charge in [0, 0.05) is 11.9 Å². The van der Waals surface area contributed by atoms with Crippen LogP contribution in [0.5, 0.6) is 0 Å². The summed E-state index contributed by atoms with van der Waals surface area (Å²) >= 11 is 1.30. The molecule has 0 aromatic carbocycles. The summed E-state index contributed by atoms with van der Waals surface area (Å²) in [5.74, 6) is 0. The summed E-state index contributed by atoms with van der Waals surface area (Å²) in [5, 5.41) is 8.46. The van der Waals surface area contributed by atoms with Crippen molar-refractivity contribution in [2.75, 3.05) is 0 Å². The molecular weight excluding hydrogens is 148 g/mol. The summed E-state index contributed by atoms with van der Waals surface area (Å²) in [6.45, 7) is 1.77. The lowest BCUT2D eigenvalue weighted by Crippen LogP contribution is -2.10. The minimum Gasteiger partial charge on any atom is -0.267 e. The molecule has 0 unspecified atom stereocenters. The molecule has 1 rings (SSSR count). The molecule has 0 saturated carbocycles. The van der Waals surface area contributed by atoms with Gasteiger partial charge < -0.3 is 0 Å². The summed E-state index contributed by atoms with van der Waals surface area (Å²) in [6, 6.07) is 1.86. The highest BCUT2D eigenvalue weighted by Crippen LogP contribution is 2.06. The monoisotopic (exact) mass is 154 g/mol. The van der Waals surface area contributed by atoms with Crippen molar-refractivity contribution in [3.05, 3.63) is 20.8 Å². The number of nitrogens with zero attached hydrogens (tertiary/aromatic N) is 2. The van der Waals surface area contributed by atoms with Crippen molar-refractivity contribution >= 4 is 11.5 Å². The summed E-state index contributed by atoms with van der Waals surface area (Å²) in [7, 11) is 1.65. The molecule has 0 aliphatic heterocycles. The Labute approximate surface area is 62.3 Å². The molecule has 1 aromatic rings. The van der Waals surface area contributed by atoms with E-state index in [0.29, 0.717) is 0 Å². The van der Waals surface area contributed by atoms with Crippen LogP contribution in [-0.2, 0) is 7.05 Å². The van der Waals surface area contributed by atoms with Crippen molar-refractivity contribution in [1.82, 2.24) is 3.96 Å². The van der Waals surface area contributed by atoms with Crippen LogP contribution in [0.4, 0.5) is 0 Å². The van der Waals surface area contributed by atoms with Crippen molar-refractivity contribution < 1.29 is 0 Å². The van der Waals surface area contributed by atoms with Gasteiger partial charge in [-0.05, 0) is 6.92 Å². The minimum atomic E-state index is -0.190. The van der Waals surface area contributed by atoms with Gasteiger partial charge >= 0.3 is 0 Å². The van der Waals surface area contributed by atoms with E-state index in [9.17, 15) is 4.79 Å². The van der Waals surface area contributed by atoms with E-state index in [1.54, 1.807) is 14.0 Å². The Balaban J connectivity index is 3.53. The minimum absolute atomic E-state index is 0.190. The second kappa shape index (κ2) is 2.27. The summed E-state index contributed by atoms with van der Waals surface area (Å²) < 4.78 is 1.45. The van der Waals surface area contributed by atoms with Gasteiger partial charge in [-0.25, -0.2) is 0 Å². The zero-order valence-electron chi connectivity index (χ0n) is 5.71. The van der Waals surface area contributed by atoms with E-state index >= 15 is 0 Å². The molecule has 0 aliphatic rings. The highest BCUT2D eigenvalue weighted by molar-refractivity contribution is 7.06. The van der Waals surface area contributed by atoms with E-state index in [1.807, 2.05) is 6.07 Å². The number of hydrogen-bond donors (Lipinski definition) is 0. The molecule has 1 aromatic heterocycles. The Morgan fingerprint density at radius 1 is 1.70 bits per heavy atom. The highest BCUT2D eigenvalue weighted by atomic mass is 32.1. The van der Waals surface area contributed by atoms with Crippen LogP contribution in [-0.4, -0.2) is 3.96 Å². The summed E-state index contributed by atoms with van der Waals surface area (Å²) in [6.07, 6.45) is 0. The van der Waals surface area contributed by atoms with Gasteiger partial charge in [0.05, 0.1) is 0 Å². The third kappa shape index (κ3) is 0.847. The third-order valence-electron chi connectivity index (χ3n) is 1.24. The molecule has 3 nitrogen and oxygen atoms in total.